The van der Waals surface area contributed by atoms with Gasteiger partial charge in [0.15, 0.2) is 0 Å². The molecule has 0 atom stereocenters. The first-order valence-electron chi connectivity index (χ1n) is 6.58. The molecular formula is C15H22N4. The Labute approximate surface area is 114 Å². The molecule has 0 amide bonds. The minimum Gasteiger partial charge on any atom is -0.367 e. The molecule has 0 saturated carbocycles. The summed E-state index contributed by atoms with van der Waals surface area (Å²) < 4.78 is 2.05. The number of hydrogen-bond acceptors (Lipinski definition) is 3. The molecular weight excluding hydrogens is 236 g/mol. The monoisotopic (exact) mass is 258 g/mol. The van der Waals surface area contributed by atoms with Crippen molar-refractivity contribution < 1.29 is 0 Å². The summed E-state index contributed by atoms with van der Waals surface area (Å²) >= 11 is 0. The molecule has 2 aromatic rings. The van der Waals surface area contributed by atoms with Gasteiger partial charge in [-0.25, -0.2) is 4.98 Å². The Morgan fingerprint density at radius 2 is 2.16 bits per heavy atom. The van der Waals surface area contributed by atoms with Gasteiger partial charge in [-0.1, -0.05) is 17.7 Å². The Morgan fingerprint density at radius 1 is 1.37 bits per heavy atom. The van der Waals surface area contributed by atoms with E-state index < -0.39 is 0 Å². The third kappa shape index (κ3) is 3.15. The minimum absolute atomic E-state index is 0.673. The lowest BCUT2D eigenvalue weighted by Gasteiger charge is -2.22. The van der Waals surface area contributed by atoms with Crippen molar-refractivity contribution in [2.75, 3.05) is 18.5 Å². The van der Waals surface area contributed by atoms with Crippen LogP contribution < -0.4 is 10.6 Å². The van der Waals surface area contributed by atoms with Crippen LogP contribution in [0.5, 0.6) is 0 Å². The summed E-state index contributed by atoms with van der Waals surface area (Å²) in [7, 11) is 4.12. The van der Waals surface area contributed by atoms with Crippen molar-refractivity contribution in [3.05, 3.63) is 47.5 Å². The van der Waals surface area contributed by atoms with Crippen LogP contribution in [0.2, 0.25) is 0 Å². The van der Waals surface area contributed by atoms with E-state index in [0.29, 0.717) is 6.54 Å². The summed E-state index contributed by atoms with van der Waals surface area (Å²) in [5.41, 5.74) is 9.52. The van der Waals surface area contributed by atoms with Crippen molar-refractivity contribution in [1.29, 1.82) is 0 Å². The molecule has 0 unspecified atom stereocenters. The van der Waals surface area contributed by atoms with E-state index in [9.17, 15) is 0 Å². The first kappa shape index (κ1) is 13.6. The number of aromatic nitrogens is 2. The molecule has 19 heavy (non-hydrogen) atoms. The van der Waals surface area contributed by atoms with Crippen LogP contribution in [0.15, 0.2) is 30.6 Å². The number of imidazole rings is 1. The second kappa shape index (κ2) is 5.89. The van der Waals surface area contributed by atoms with E-state index in [1.54, 1.807) is 0 Å². The molecule has 1 heterocycles. The van der Waals surface area contributed by atoms with Gasteiger partial charge < -0.3 is 15.2 Å². The minimum atomic E-state index is 0.673. The van der Waals surface area contributed by atoms with E-state index in [4.69, 9.17) is 5.73 Å². The number of rotatable bonds is 5. The zero-order valence-electron chi connectivity index (χ0n) is 11.9. The van der Waals surface area contributed by atoms with Crippen LogP contribution >= 0.6 is 0 Å². The molecule has 0 aliphatic heterocycles. The van der Waals surface area contributed by atoms with Crippen LogP contribution in [0.25, 0.3) is 0 Å². The Hall–Kier alpha value is -1.81. The molecule has 102 valence electrons. The van der Waals surface area contributed by atoms with Crippen molar-refractivity contribution in [2.45, 2.75) is 19.9 Å². The third-order valence-corrected chi connectivity index (χ3v) is 3.36. The van der Waals surface area contributed by atoms with Crippen molar-refractivity contribution >= 4 is 5.69 Å². The van der Waals surface area contributed by atoms with Crippen molar-refractivity contribution in [2.24, 2.45) is 12.8 Å². The highest BCUT2D eigenvalue weighted by Gasteiger charge is 2.10. The number of nitrogens with two attached hydrogens (primary N) is 1. The van der Waals surface area contributed by atoms with Gasteiger partial charge in [0.1, 0.15) is 5.82 Å². The topological polar surface area (TPSA) is 47.1 Å². The molecule has 0 bridgehead atoms. The normalized spacial score (nSPS) is 10.7. The average Bonchev–Trinajstić information content (AvgIpc) is 2.75. The molecule has 1 aromatic carbocycles. The summed E-state index contributed by atoms with van der Waals surface area (Å²) in [6.45, 7) is 3.58. The smallest absolute Gasteiger partial charge is 0.127 e. The predicted molar refractivity (Wildman–Crippen MR) is 79.3 cm³/mol. The summed E-state index contributed by atoms with van der Waals surface area (Å²) in [6, 6.07) is 6.53. The maximum atomic E-state index is 5.70. The first-order valence-corrected chi connectivity index (χ1v) is 6.58. The van der Waals surface area contributed by atoms with Gasteiger partial charge in [0, 0.05) is 32.2 Å². The number of anilines is 1. The SMILES string of the molecule is Cc1ccc(N(C)Cc2nccn2C)c(CCN)c1. The number of aryl methyl sites for hydroxylation is 2. The molecule has 0 radical (unpaired) electrons. The zero-order chi connectivity index (χ0) is 13.8. The van der Waals surface area contributed by atoms with Crippen molar-refractivity contribution in [3.63, 3.8) is 0 Å². The fourth-order valence-electron chi connectivity index (χ4n) is 2.29. The fourth-order valence-corrected chi connectivity index (χ4v) is 2.29. The van der Waals surface area contributed by atoms with E-state index in [-0.39, 0.29) is 0 Å². The molecule has 0 fully saturated rings. The second-order valence-corrected chi connectivity index (χ2v) is 4.98. The van der Waals surface area contributed by atoms with E-state index >= 15 is 0 Å². The van der Waals surface area contributed by atoms with Gasteiger partial charge in [0.2, 0.25) is 0 Å². The van der Waals surface area contributed by atoms with E-state index in [2.05, 4.69) is 42.1 Å². The summed E-state index contributed by atoms with van der Waals surface area (Å²) in [4.78, 5) is 6.60. The largest absolute Gasteiger partial charge is 0.367 e. The standard InChI is InChI=1S/C15H22N4/c1-12-4-5-14(13(10-12)6-7-16)19(3)11-15-17-8-9-18(15)2/h4-5,8-10H,6-7,11,16H2,1-3H3. The van der Waals surface area contributed by atoms with Crippen LogP contribution in [-0.4, -0.2) is 23.1 Å². The lowest BCUT2D eigenvalue weighted by molar-refractivity contribution is 0.758. The van der Waals surface area contributed by atoms with Crippen LogP contribution in [0.4, 0.5) is 5.69 Å². The third-order valence-electron chi connectivity index (χ3n) is 3.36. The van der Waals surface area contributed by atoms with Gasteiger partial charge in [-0.3, -0.25) is 0 Å². The highest BCUT2D eigenvalue weighted by atomic mass is 15.2. The maximum absolute atomic E-state index is 5.70. The maximum Gasteiger partial charge on any atom is 0.127 e. The lowest BCUT2D eigenvalue weighted by Crippen LogP contribution is -2.21. The van der Waals surface area contributed by atoms with Gasteiger partial charge in [-0.15, -0.1) is 0 Å². The zero-order valence-corrected chi connectivity index (χ0v) is 11.9. The Balaban J connectivity index is 2.23. The van der Waals surface area contributed by atoms with Gasteiger partial charge >= 0.3 is 0 Å². The Kier molecular flexibility index (Phi) is 4.22. The first-order chi connectivity index (χ1) is 9.11. The molecule has 2 rings (SSSR count). The summed E-state index contributed by atoms with van der Waals surface area (Å²) in [6.07, 6.45) is 4.71. The van der Waals surface area contributed by atoms with Crippen LogP contribution in [0.1, 0.15) is 17.0 Å². The molecule has 2 N–H and O–H groups in total. The van der Waals surface area contributed by atoms with Crippen LogP contribution in [0.3, 0.4) is 0 Å². The van der Waals surface area contributed by atoms with Gasteiger partial charge in [-0.05, 0) is 31.5 Å². The predicted octanol–water partition coefficient (Wildman–Crippen LogP) is 1.87. The molecule has 0 saturated heterocycles. The second-order valence-electron chi connectivity index (χ2n) is 4.98. The molecule has 0 aliphatic carbocycles. The molecule has 0 aliphatic rings. The fraction of sp³-hybridized carbons (Fsp3) is 0.400. The van der Waals surface area contributed by atoms with Crippen molar-refractivity contribution in [3.8, 4) is 0 Å². The molecule has 4 heteroatoms. The van der Waals surface area contributed by atoms with E-state index in [0.717, 1.165) is 18.8 Å². The number of benzene rings is 1. The van der Waals surface area contributed by atoms with Crippen LogP contribution in [-0.2, 0) is 20.0 Å². The number of hydrogen-bond donors (Lipinski definition) is 1. The van der Waals surface area contributed by atoms with Gasteiger partial charge in [0.25, 0.3) is 0 Å². The average molecular weight is 258 g/mol. The highest BCUT2D eigenvalue weighted by Crippen LogP contribution is 2.22. The lowest BCUT2D eigenvalue weighted by atomic mass is 10.1. The van der Waals surface area contributed by atoms with E-state index in [1.807, 2.05) is 24.0 Å². The summed E-state index contributed by atoms with van der Waals surface area (Å²) in [5.74, 6) is 1.06. The number of nitrogens with zero attached hydrogens (tertiary/aromatic N) is 3. The van der Waals surface area contributed by atoms with Gasteiger partial charge in [0.05, 0.1) is 6.54 Å². The van der Waals surface area contributed by atoms with Gasteiger partial charge in [-0.2, -0.15) is 0 Å². The quantitative estimate of drug-likeness (QED) is 0.890. The van der Waals surface area contributed by atoms with Crippen LogP contribution in [0, 0.1) is 6.92 Å². The highest BCUT2D eigenvalue weighted by molar-refractivity contribution is 5.54. The Morgan fingerprint density at radius 3 is 2.79 bits per heavy atom. The van der Waals surface area contributed by atoms with E-state index in [1.165, 1.54) is 16.8 Å². The summed E-state index contributed by atoms with van der Waals surface area (Å²) in [5, 5.41) is 0. The van der Waals surface area contributed by atoms with Crippen molar-refractivity contribution in [1.82, 2.24) is 9.55 Å². The molecule has 4 nitrogen and oxygen atoms in total. The molecule has 1 aromatic heterocycles. The molecule has 0 spiro atoms. The Bertz CT molecular complexity index is 545.